The lowest BCUT2D eigenvalue weighted by Crippen LogP contribution is -2.21. The maximum absolute atomic E-state index is 10.7. The van der Waals surface area contributed by atoms with E-state index in [1.54, 1.807) is 6.92 Å². The van der Waals surface area contributed by atoms with E-state index in [9.17, 15) is 4.79 Å². The largest absolute Gasteiger partial charge is 0.348 e. The molecule has 0 N–H and O–H groups in total. The zero-order chi connectivity index (χ0) is 9.90. The lowest BCUT2D eigenvalue weighted by molar-refractivity contribution is -0.139. The van der Waals surface area contributed by atoms with E-state index in [1.807, 2.05) is 13.8 Å². The van der Waals surface area contributed by atoms with Crippen LogP contribution < -0.4 is 0 Å². The van der Waals surface area contributed by atoms with E-state index < -0.39 is 5.79 Å². The molecule has 1 aliphatic rings. The summed E-state index contributed by atoms with van der Waals surface area (Å²) in [4.78, 5) is 10.7. The molecule has 1 aliphatic heterocycles. The lowest BCUT2D eigenvalue weighted by Gasteiger charge is -2.16. The summed E-state index contributed by atoms with van der Waals surface area (Å²) in [7, 11) is 0. The van der Waals surface area contributed by atoms with Crippen molar-refractivity contribution in [3.8, 4) is 0 Å². The molecule has 0 unspecified atom stereocenters. The van der Waals surface area contributed by atoms with Gasteiger partial charge in [0.2, 0.25) is 0 Å². The van der Waals surface area contributed by atoms with Crippen molar-refractivity contribution in [2.45, 2.75) is 51.9 Å². The summed E-state index contributed by atoms with van der Waals surface area (Å²) >= 11 is 0. The number of carbonyl (C=O) groups is 1. The van der Waals surface area contributed by atoms with E-state index in [0.29, 0.717) is 13.0 Å². The number of ether oxygens (including phenoxy) is 2. The van der Waals surface area contributed by atoms with E-state index in [0.717, 1.165) is 12.8 Å². The van der Waals surface area contributed by atoms with Gasteiger partial charge in [-0.2, -0.15) is 0 Å². The average molecular weight is 186 g/mol. The molecule has 0 radical (unpaired) electrons. The minimum Gasteiger partial charge on any atom is -0.348 e. The van der Waals surface area contributed by atoms with Crippen LogP contribution in [0.15, 0.2) is 0 Å². The zero-order valence-electron chi connectivity index (χ0n) is 8.63. The van der Waals surface area contributed by atoms with Gasteiger partial charge >= 0.3 is 0 Å². The van der Waals surface area contributed by atoms with Crippen LogP contribution in [0.3, 0.4) is 0 Å². The highest BCUT2D eigenvalue weighted by Gasteiger charge is 2.31. The normalized spacial score (nSPS) is 26.2. The third-order valence-electron chi connectivity index (χ3n) is 2.12. The van der Waals surface area contributed by atoms with Crippen LogP contribution >= 0.6 is 0 Å². The molecule has 3 heteroatoms. The number of Topliss-reactive ketones (excluding diaryl/α,β-unsaturated/α-hetero) is 1. The van der Waals surface area contributed by atoms with E-state index in [1.165, 1.54) is 0 Å². The highest BCUT2D eigenvalue weighted by Crippen LogP contribution is 2.24. The SMILES string of the molecule is CC(=O)CCC[C@H]1COC(C)(C)O1. The standard InChI is InChI=1S/C10H18O3/c1-8(11)5-4-6-9-7-12-10(2,3)13-9/h9H,4-7H2,1-3H3/t9-/m0/s1. The Labute approximate surface area is 79.4 Å². The van der Waals surface area contributed by atoms with E-state index in [2.05, 4.69) is 0 Å². The summed E-state index contributed by atoms with van der Waals surface area (Å²) in [6.45, 7) is 6.11. The van der Waals surface area contributed by atoms with Crippen molar-refractivity contribution in [3.63, 3.8) is 0 Å². The van der Waals surface area contributed by atoms with Gasteiger partial charge in [0.15, 0.2) is 5.79 Å². The van der Waals surface area contributed by atoms with E-state index in [-0.39, 0.29) is 11.9 Å². The van der Waals surface area contributed by atoms with Crippen LogP contribution in [0.2, 0.25) is 0 Å². The van der Waals surface area contributed by atoms with Crippen molar-refractivity contribution in [2.24, 2.45) is 0 Å². The molecule has 1 saturated heterocycles. The monoisotopic (exact) mass is 186 g/mol. The third-order valence-corrected chi connectivity index (χ3v) is 2.12. The van der Waals surface area contributed by atoms with Gasteiger partial charge in [-0.1, -0.05) is 0 Å². The Hall–Kier alpha value is -0.410. The van der Waals surface area contributed by atoms with Crippen molar-refractivity contribution in [1.29, 1.82) is 0 Å². The Morgan fingerprint density at radius 3 is 2.69 bits per heavy atom. The molecule has 1 rings (SSSR count). The minimum atomic E-state index is -0.430. The smallest absolute Gasteiger partial charge is 0.163 e. The fraction of sp³-hybridized carbons (Fsp3) is 0.900. The average Bonchev–Trinajstić information content (AvgIpc) is 2.29. The Balaban J connectivity index is 2.14. The highest BCUT2D eigenvalue weighted by atomic mass is 16.7. The van der Waals surface area contributed by atoms with Crippen molar-refractivity contribution in [2.75, 3.05) is 6.61 Å². The molecule has 3 nitrogen and oxygen atoms in total. The predicted octanol–water partition coefficient (Wildman–Crippen LogP) is 1.90. The molecule has 0 amide bonds. The molecule has 0 saturated carbocycles. The van der Waals surface area contributed by atoms with Gasteiger partial charge in [0.05, 0.1) is 12.7 Å². The number of hydrogen-bond donors (Lipinski definition) is 0. The minimum absolute atomic E-state index is 0.175. The molecule has 0 aromatic carbocycles. The summed E-state index contributed by atoms with van der Waals surface area (Å²) in [5.74, 6) is -0.181. The van der Waals surface area contributed by atoms with Gasteiger partial charge in [-0.25, -0.2) is 0 Å². The van der Waals surface area contributed by atoms with Crippen LogP contribution in [0.4, 0.5) is 0 Å². The first-order valence-electron chi connectivity index (χ1n) is 4.81. The van der Waals surface area contributed by atoms with Crippen LogP contribution in [-0.4, -0.2) is 24.3 Å². The summed E-state index contributed by atoms with van der Waals surface area (Å²) in [5.41, 5.74) is 0. The summed E-state index contributed by atoms with van der Waals surface area (Å²) in [5, 5.41) is 0. The van der Waals surface area contributed by atoms with Crippen LogP contribution in [-0.2, 0) is 14.3 Å². The molecule has 0 bridgehead atoms. The Morgan fingerprint density at radius 1 is 1.54 bits per heavy atom. The molecule has 0 aromatic heterocycles. The molecular weight excluding hydrogens is 168 g/mol. The molecule has 1 heterocycles. The van der Waals surface area contributed by atoms with E-state index in [4.69, 9.17) is 9.47 Å². The molecule has 1 atom stereocenters. The maximum Gasteiger partial charge on any atom is 0.163 e. The maximum atomic E-state index is 10.7. The summed E-state index contributed by atoms with van der Waals surface area (Å²) in [6.07, 6.45) is 2.65. The zero-order valence-corrected chi connectivity index (χ0v) is 8.63. The number of hydrogen-bond acceptors (Lipinski definition) is 3. The highest BCUT2D eigenvalue weighted by molar-refractivity contribution is 5.75. The van der Waals surface area contributed by atoms with Gasteiger partial charge in [-0.05, 0) is 33.6 Å². The quantitative estimate of drug-likeness (QED) is 0.672. The molecular formula is C10H18O3. The molecule has 13 heavy (non-hydrogen) atoms. The van der Waals surface area contributed by atoms with Crippen molar-refractivity contribution >= 4 is 5.78 Å². The first kappa shape index (κ1) is 10.7. The first-order chi connectivity index (χ1) is 5.99. The Morgan fingerprint density at radius 2 is 2.23 bits per heavy atom. The topological polar surface area (TPSA) is 35.5 Å². The van der Waals surface area contributed by atoms with E-state index >= 15 is 0 Å². The Kier molecular flexibility index (Phi) is 3.45. The number of ketones is 1. The fourth-order valence-electron chi connectivity index (χ4n) is 1.48. The number of rotatable bonds is 4. The van der Waals surface area contributed by atoms with Crippen LogP contribution in [0.1, 0.15) is 40.0 Å². The van der Waals surface area contributed by atoms with Gasteiger partial charge < -0.3 is 14.3 Å². The second kappa shape index (κ2) is 4.20. The van der Waals surface area contributed by atoms with Crippen molar-refractivity contribution < 1.29 is 14.3 Å². The first-order valence-corrected chi connectivity index (χ1v) is 4.81. The molecule has 0 spiro atoms. The third kappa shape index (κ3) is 3.87. The molecule has 1 fully saturated rings. The van der Waals surface area contributed by atoms with Gasteiger partial charge in [-0.3, -0.25) is 0 Å². The Bertz CT molecular complexity index is 187. The summed E-state index contributed by atoms with van der Waals surface area (Å²) in [6, 6.07) is 0. The fourth-order valence-corrected chi connectivity index (χ4v) is 1.48. The molecule has 0 aliphatic carbocycles. The van der Waals surface area contributed by atoms with Crippen molar-refractivity contribution in [3.05, 3.63) is 0 Å². The molecule has 0 aromatic rings. The van der Waals surface area contributed by atoms with Crippen molar-refractivity contribution in [1.82, 2.24) is 0 Å². The van der Waals surface area contributed by atoms with Gasteiger partial charge in [0.1, 0.15) is 5.78 Å². The second-order valence-corrected chi connectivity index (χ2v) is 4.04. The van der Waals surface area contributed by atoms with Crippen LogP contribution in [0, 0.1) is 0 Å². The predicted molar refractivity (Wildman–Crippen MR) is 49.4 cm³/mol. The van der Waals surface area contributed by atoms with Crippen LogP contribution in [0.5, 0.6) is 0 Å². The van der Waals surface area contributed by atoms with Gasteiger partial charge in [0.25, 0.3) is 0 Å². The number of carbonyl (C=O) groups excluding carboxylic acids is 1. The molecule has 76 valence electrons. The summed E-state index contributed by atoms with van der Waals surface area (Å²) < 4.78 is 11.0. The van der Waals surface area contributed by atoms with Gasteiger partial charge in [-0.15, -0.1) is 0 Å². The van der Waals surface area contributed by atoms with Crippen LogP contribution in [0.25, 0.3) is 0 Å². The second-order valence-electron chi connectivity index (χ2n) is 4.04. The lowest BCUT2D eigenvalue weighted by atomic mass is 10.1. The van der Waals surface area contributed by atoms with Gasteiger partial charge in [0, 0.05) is 6.42 Å².